The van der Waals surface area contributed by atoms with Crippen molar-refractivity contribution in [2.75, 3.05) is 14.2 Å². The highest BCUT2D eigenvalue weighted by molar-refractivity contribution is 5.91. The van der Waals surface area contributed by atoms with E-state index >= 15 is 0 Å². The molecule has 1 aromatic rings. The minimum Gasteiger partial charge on any atom is -0.502 e. The van der Waals surface area contributed by atoms with E-state index in [1.54, 1.807) is 0 Å². The van der Waals surface area contributed by atoms with Crippen molar-refractivity contribution in [2.45, 2.75) is 33.3 Å². The fourth-order valence-corrected chi connectivity index (χ4v) is 1.97. The normalized spacial score (nSPS) is 12.1. The molecule has 0 amide bonds. The van der Waals surface area contributed by atoms with Gasteiger partial charge in [0.1, 0.15) is 0 Å². The predicted molar refractivity (Wildman–Crippen MR) is 75.5 cm³/mol. The zero-order valence-corrected chi connectivity index (χ0v) is 12.6. The number of esters is 1. The molecule has 0 heterocycles. The lowest BCUT2D eigenvalue weighted by Gasteiger charge is -2.16. The van der Waals surface area contributed by atoms with Gasteiger partial charge < -0.3 is 19.3 Å². The number of rotatable bonds is 6. The molecule has 0 unspecified atom stereocenters. The predicted octanol–water partition coefficient (Wildman–Crippen LogP) is 3.00. The molecule has 0 saturated carbocycles. The zero-order chi connectivity index (χ0) is 15.3. The summed E-state index contributed by atoms with van der Waals surface area (Å²) in [6.45, 7) is 5.99. The summed E-state index contributed by atoms with van der Waals surface area (Å²) >= 11 is 0. The van der Waals surface area contributed by atoms with Crippen LogP contribution in [0.25, 0.3) is 0 Å². The minimum atomic E-state index is -0.463. The summed E-state index contributed by atoms with van der Waals surface area (Å²) < 4.78 is 15.4. The second kappa shape index (κ2) is 7.03. The van der Waals surface area contributed by atoms with Crippen LogP contribution in [0.2, 0.25) is 0 Å². The van der Waals surface area contributed by atoms with E-state index in [9.17, 15) is 9.90 Å². The summed E-state index contributed by atoms with van der Waals surface area (Å²) in [7, 11) is 2.82. The van der Waals surface area contributed by atoms with E-state index in [-0.39, 0.29) is 28.9 Å². The van der Waals surface area contributed by atoms with Gasteiger partial charge in [-0.1, -0.05) is 13.8 Å². The van der Waals surface area contributed by atoms with Crippen molar-refractivity contribution in [3.8, 4) is 17.2 Å². The molecule has 1 aromatic carbocycles. The first-order valence-electron chi connectivity index (χ1n) is 6.55. The van der Waals surface area contributed by atoms with Crippen LogP contribution in [0.3, 0.4) is 0 Å². The van der Waals surface area contributed by atoms with Gasteiger partial charge >= 0.3 is 5.97 Å². The lowest BCUT2D eigenvalue weighted by atomic mass is 10.1. The Hall–Kier alpha value is -1.91. The Morgan fingerprint density at radius 1 is 1.15 bits per heavy atom. The first kappa shape index (κ1) is 16.1. The molecule has 0 spiro atoms. The summed E-state index contributed by atoms with van der Waals surface area (Å²) in [5, 5.41) is 9.79. The Morgan fingerprint density at radius 2 is 1.65 bits per heavy atom. The van der Waals surface area contributed by atoms with Gasteiger partial charge in [-0.25, -0.2) is 4.79 Å². The average Bonchev–Trinajstić information content (AvgIpc) is 2.37. The molecule has 1 atom stereocenters. The van der Waals surface area contributed by atoms with Crippen molar-refractivity contribution in [2.24, 2.45) is 5.92 Å². The number of phenols is 1. The number of hydrogen-bond acceptors (Lipinski definition) is 5. The largest absolute Gasteiger partial charge is 0.502 e. The molecule has 1 N–H and O–H groups in total. The third-order valence-corrected chi connectivity index (χ3v) is 2.83. The molecule has 0 aliphatic heterocycles. The molecule has 112 valence electrons. The van der Waals surface area contributed by atoms with Crippen molar-refractivity contribution >= 4 is 5.97 Å². The maximum atomic E-state index is 12.1. The average molecular weight is 282 g/mol. The molecule has 0 saturated heterocycles. The number of carbonyl (C=O) groups is 1. The Bertz CT molecular complexity index is 442. The summed E-state index contributed by atoms with van der Waals surface area (Å²) in [5.41, 5.74) is 0.284. The molecule has 0 bridgehead atoms. The number of benzene rings is 1. The van der Waals surface area contributed by atoms with Gasteiger partial charge in [-0.3, -0.25) is 0 Å². The molecular weight excluding hydrogens is 260 g/mol. The van der Waals surface area contributed by atoms with Gasteiger partial charge in [-0.05, 0) is 31.4 Å². The molecule has 5 heteroatoms. The SMILES string of the molecule is COc1cc(C(=O)O[C@H](C)CC(C)C)cc(OC)c1O. The maximum absolute atomic E-state index is 12.1. The summed E-state index contributed by atoms with van der Waals surface area (Å²) in [6, 6.07) is 2.87. The van der Waals surface area contributed by atoms with Crippen molar-refractivity contribution in [1.82, 2.24) is 0 Å². The highest BCUT2D eigenvalue weighted by Gasteiger charge is 2.18. The first-order chi connectivity index (χ1) is 9.38. The fourth-order valence-electron chi connectivity index (χ4n) is 1.97. The fraction of sp³-hybridized carbons (Fsp3) is 0.533. The molecule has 0 aliphatic carbocycles. The van der Waals surface area contributed by atoms with E-state index in [0.717, 1.165) is 6.42 Å². The van der Waals surface area contributed by atoms with Crippen LogP contribution < -0.4 is 9.47 Å². The highest BCUT2D eigenvalue weighted by atomic mass is 16.5. The second-order valence-corrected chi connectivity index (χ2v) is 5.07. The molecule has 20 heavy (non-hydrogen) atoms. The van der Waals surface area contributed by atoms with Gasteiger partial charge in [-0.2, -0.15) is 0 Å². The van der Waals surface area contributed by atoms with E-state index in [1.807, 2.05) is 6.92 Å². The van der Waals surface area contributed by atoms with Gasteiger partial charge in [0.05, 0.1) is 25.9 Å². The molecule has 1 rings (SSSR count). The molecule has 0 fully saturated rings. The van der Waals surface area contributed by atoms with Crippen molar-refractivity contribution in [1.29, 1.82) is 0 Å². The summed E-state index contributed by atoms with van der Waals surface area (Å²) in [4.78, 5) is 12.1. The summed E-state index contributed by atoms with van der Waals surface area (Å²) in [5.74, 6) is 0.193. The highest BCUT2D eigenvalue weighted by Crippen LogP contribution is 2.37. The smallest absolute Gasteiger partial charge is 0.338 e. The van der Waals surface area contributed by atoms with Crippen LogP contribution in [-0.4, -0.2) is 31.4 Å². The van der Waals surface area contributed by atoms with Crippen molar-refractivity contribution < 1.29 is 24.1 Å². The van der Waals surface area contributed by atoms with Crippen LogP contribution in [-0.2, 0) is 4.74 Å². The van der Waals surface area contributed by atoms with Crippen LogP contribution >= 0.6 is 0 Å². The number of hydrogen-bond donors (Lipinski definition) is 1. The van der Waals surface area contributed by atoms with Crippen molar-refractivity contribution in [3.63, 3.8) is 0 Å². The monoisotopic (exact) mass is 282 g/mol. The van der Waals surface area contributed by atoms with Crippen LogP contribution in [0.4, 0.5) is 0 Å². The van der Waals surface area contributed by atoms with E-state index < -0.39 is 5.97 Å². The Labute approximate surface area is 119 Å². The Kier molecular flexibility index (Phi) is 5.67. The van der Waals surface area contributed by atoms with E-state index in [0.29, 0.717) is 5.92 Å². The maximum Gasteiger partial charge on any atom is 0.338 e. The van der Waals surface area contributed by atoms with E-state index in [2.05, 4.69) is 13.8 Å². The summed E-state index contributed by atoms with van der Waals surface area (Å²) in [6.07, 6.45) is 0.617. The van der Waals surface area contributed by atoms with Gasteiger partial charge in [0.2, 0.25) is 5.75 Å². The molecule has 0 aliphatic rings. The van der Waals surface area contributed by atoms with Gasteiger partial charge in [-0.15, -0.1) is 0 Å². The number of carbonyl (C=O) groups excluding carboxylic acids is 1. The van der Waals surface area contributed by atoms with Crippen LogP contribution in [0, 0.1) is 5.92 Å². The topological polar surface area (TPSA) is 65.0 Å². The van der Waals surface area contributed by atoms with Gasteiger partial charge in [0, 0.05) is 0 Å². The number of methoxy groups -OCH3 is 2. The number of ether oxygens (including phenoxy) is 3. The minimum absolute atomic E-state index is 0.137. The van der Waals surface area contributed by atoms with Gasteiger partial charge in [0.15, 0.2) is 11.5 Å². The molecule has 0 radical (unpaired) electrons. The van der Waals surface area contributed by atoms with Crippen LogP contribution in [0.15, 0.2) is 12.1 Å². The van der Waals surface area contributed by atoms with Crippen molar-refractivity contribution in [3.05, 3.63) is 17.7 Å². The van der Waals surface area contributed by atoms with Gasteiger partial charge in [0.25, 0.3) is 0 Å². The first-order valence-corrected chi connectivity index (χ1v) is 6.55. The molecular formula is C15H22O5. The zero-order valence-electron chi connectivity index (χ0n) is 12.6. The van der Waals surface area contributed by atoms with Crippen LogP contribution in [0.1, 0.15) is 37.6 Å². The standard InChI is InChI=1S/C15H22O5/c1-9(2)6-10(3)20-15(17)11-7-12(18-4)14(16)13(8-11)19-5/h7-10,16H,6H2,1-5H3/t10-/m1/s1. The lowest BCUT2D eigenvalue weighted by Crippen LogP contribution is -2.17. The number of phenolic OH excluding ortho intramolecular Hbond substituents is 1. The lowest BCUT2D eigenvalue weighted by molar-refractivity contribution is 0.0299. The third kappa shape index (κ3) is 4.05. The quantitative estimate of drug-likeness (QED) is 0.812. The number of aromatic hydroxyl groups is 1. The Balaban J connectivity index is 2.93. The Morgan fingerprint density at radius 3 is 2.05 bits per heavy atom. The van der Waals surface area contributed by atoms with Crippen LogP contribution in [0.5, 0.6) is 17.2 Å². The molecule has 5 nitrogen and oxygen atoms in total. The van der Waals surface area contributed by atoms with E-state index in [4.69, 9.17) is 14.2 Å². The molecule has 0 aromatic heterocycles. The van der Waals surface area contributed by atoms with E-state index in [1.165, 1.54) is 26.4 Å². The third-order valence-electron chi connectivity index (χ3n) is 2.83. The second-order valence-electron chi connectivity index (χ2n) is 5.07.